The quantitative estimate of drug-likeness (QED) is 0.795. The van der Waals surface area contributed by atoms with Crippen LogP contribution in [0.1, 0.15) is 23.8 Å². The van der Waals surface area contributed by atoms with E-state index in [-0.39, 0.29) is 23.6 Å². The Labute approximate surface area is 132 Å². The van der Waals surface area contributed by atoms with Gasteiger partial charge in [0, 0.05) is 18.5 Å². The Kier molecular flexibility index (Phi) is 3.15. The average Bonchev–Trinajstić information content (AvgIpc) is 3.23. The van der Waals surface area contributed by atoms with E-state index in [1.54, 1.807) is 43.3 Å². The van der Waals surface area contributed by atoms with Crippen LogP contribution in [0.2, 0.25) is 0 Å². The maximum Gasteiger partial charge on any atom is 0.228 e. The van der Waals surface area contributed by atoms with Gasteiger partial charge in [0.15, 0.2) is 11.5 Å². The van der Waals surface area contributed by atoms with Crippen molar-refractivity contribution < 1.29 is 13.6 Å². The summed E-state index contributed by atoms with van der Waals surface area (Å²) in [5.74, 6) is 0.0475. The van der Waals surface area contributed by atoms with E-state index in [1.807, 2.05) is 0 Å². The number of carbonyl (C=O) groups is 1. The molecule has 1 saturated carbocycles. The molecule has 2 unspecified atom stereocenters. The Balaban J connectivity index is 1.49. The SMILES string of the molecule is Cc1nc2cc(NC(=O)C3CC3c3ccccc3F)ccc2o1. The maximum absolute atomic E-state index is 13.8. The van der Waals surface area contributed by atoms with Crippen LogP contribution in [0, 0.1) is 18.7 Å². The number of benzene rings is 2. The lowest BCUT2D eigenvalue weighted by atomic mass is 10.1. The van der Waals surface area contributed by atoms with Gasteiger partial charge in [-0.3, -0.25) is 4.79 Å². The first-order valence-corrected chi connectivity index (χ1v) is 7.54. The van der Waals surface area contributed by atoms with E-state index in [2.05, 4.69) is 10.3 Å². The van der Waals surface area contributed by atoms with Crippen LogP contribution in [0.3, 0.4) is 0 Å². The molecule has 5 heteroatoms. The molecule has 1 aromatic heterocycles. The van der Waals surface area contributed by atoms with Gasteiger partial charge < -0.3 is 9.73 Å². The summed E-state index contributed by atoms with van der Waals surface area (Å²) in [6, 6.07) is 12.0. The van der Waals surface area contributed by atoms with Gasteiger partial charge in [-0.25, -0.2) is 9.37 Å². The van der Waals surface area contributed by atoms with Crippen molar-refractivity contribution in [3.05, 3.63) is 59.7 Å². The fourth-order valence-electron chi connectivity index (χ4n) is 2.96. The zero-order chi connectivity index (χ0) is 16.0. The Morgan fingerprint density at radius 3 is 2.96 bits per heavy atom. The fourth-order valence-corrected chi connectivity index (χ4v) is 2.96. The van der Waals surface area contributed by atoms with Gasteiger partial charge in [0.05, 0.1) is 0 Å². The van der Waals surface area contributed by atoms with Gasteiger partial charge >= 0.3 is 0 Å². The zero-order valence-corrected chi connectivity index (χ0v) is 12.5. The minimum atomic E-state index is -0.243. The standard InChI is InChI=1S/C18H15FN2O2/c1-10-20-16-8-11(6-7-17(16)23-10)21-18(22)14-9-13(14)12-4-2-3-5-15(12)19/h2-8,13-14H,9H2,1H3,(H,21,22). The molecule has 1 heterocycles. The van der Waals surface area contributed by atoms with E-state index in [0.717, 1.165) is 0 Å². The van der Waals surface area contributed by atoms with Gasteiger partial charge in [0.25, 0.3) is 0 Å². The number of anilines is 1. The highest BCUT2D eigenvalue weighted by molar-refractivity contribution is 5.96. The van der Waals surface area contributed by atoms with Gasteiger partial charge in [-0.2, -0.15) is 0 Å². The highest BCUT2D eigenvalue weighted by atomic mass is 19.1. The Morgan fingerprint density at radius 1 is 1.30 bits per heavy atom. The molecule has 1 fully saturated rings. The number of carbonyl (C=O) groups excluding carboxylic acids is 1. The summed E-state index contributed by atoms with van der Waals surface area (Å²) >= 11 is 0. The third-order valence-corrected chi connectivity index (χ3v) is 4.19. The van der Waals surface area contributed by atoms with Crippen LogP contribution < -0.4 is 5.32 Å². The molecule has 1 aliphatic rings. The molecule has 3 aromatic rings. The third kappa shape index (κ3) is 2.59. The fraction of sp³-hybridized carbons (Fsp3) is 0.222. The van der Waals surface area contributed by atoms with Gasteiger partial charge in [-0.1, -0.05) is 18.2 Å². The van der Waals surface area contributed by atoms with Crippen molar-refractivity contribution in [2.24, 2.45) is 5.92 Å². The summed E-state index contributed by atoms with van der Waals surface area (Å²) < 4.78 is 19.2. The first-order chi connectivity index (χ1) is 11.1. The first-order valence-electron chi connectivity index (χ1n) is 7.54. The van der Waals surface area contributed by atoms with Gasteiger partial charge in [-0.15, -0.1) is 0 Å². The van der Waals surface area contributed by atoms with Crippen LogP contribution in [0.5, 0.6) is 0 Å². The smallest absolute Gasteiger partial charge is 0.228 e. The van der Waals surface area contributed by atoms with Crippen LogP contribution in [0.25, 0.3) is 11.1 Å². The average molecular weight is 310 g/mol. The second kappa shape index (κ2) is 5.19. The lowest BCUT2D eigenvalue weighted by Crippen LogP contribution is -2.14. The van der Waals surface area contributed by atoms with Crippen molar-refractivity contribution in [3.8, 4) is 0 Å². The third-order valence-electron chi connectivity index (χ3n) is 4.19. The lowest BCUT2D eigenvalue weighted by Gasteiger charge is -2.05. The van der Waals surface area contributed by atoms with Crippen molar-refractivity contribution in [2.45, 2.75) is 19.3 Å². The number of aromatic nitrogens is 1. The van der Waals surface area contributed by atoms with E-state index in [9.17, 15) is 9.18 Å². The van der Waals surface area contributed by atoms with Crippen molar-refractivity contribution in [2.75, 3.05) is 5.32 Å². The second-order valence-electron chi connectivity index (χ2n) is 5.87. The predicted molar refractivity (Wildman–Crippen MR) is 84.6 cm³/mol. The highest BCUT2D eigenvalue weighted by Gasteiger charge is 2.45. The normalized spacial score (nSPS) is 19.7. The molecule has 4 rings (SSSR count). The van der Waals surface area contributed by atoms with E-state index >= 15 is 0 Å². The molecule has 0 aliphatic heterocycles. The van der Waals surface area contributed by atoms with Crippen molar-refractivity contribution in [1.82, 2.24) is 4.98 Å². The predicted octanol–water partition coefficient (Wildman–Crippen LogP) is 4.02. The largest absolute Gasteiger partial charge is 0.441 e. The first kappa shape index (κ1) is 13.9. The van der Waals surface area contributed by atoms with Crippen molar-refractivity contribution in [3.63, 3.8) is 0 Å². The molecule has 2 aromatic carbocycles. The summed E-state index contributed by atoms with van der Waals surface area (Å²) in [5.41, 5.74) is 2.70. The molecule has 23 heavy (non-hydrogen) atoms. The molecule has 0 spiro atoms. The zero-order valence-electron chi connectivity index (χ0n) is 12.5. The van der Waals surface area contributed by atoms with E-state index in [4.69, 9.17) is 4.42 Å². The molecule has 1 N–H and O–H groups in total. The van der Waals surface area contributed by atoms with Gasteiger partial charge in [-0.05, 0) is 42.2 Å². The van der Waals surface area contributed by atoms with Crippen LogP contribution in [-0.2, 0) is 4.79 Å². The molecule has 1 aliphatic carbocycles. The van der Waals surface area contributed by atoms with Crippen molar-refractivity contribution >= 4 is 22.7 Å². The molecular formula is C18H15FN2O2. The summed E-state index contributed by atoms with van der Waals surface area (Å²) in [4.78, 5) is 16.6. The maximum atomic E-state index is 13.8. The summed E-state index contributed by atoms with van der Waals surface area (Å²) in [6.45, 7) is 1.78. The van der Waals surface area contributed by atoms with Gasteiger partial charge in [0.2, 0.25) is 5.91 Å². The second-order valence-corrected chi connectivity index (χ2v) is 5.87. The van der Waals surface area contributed by atoms with E-state index < -0.39 is 0 Å². The number of nitrogens with zero attached hydrogens (tertiary/aromatic N) is 1. The van der Waals surface area contributed by atoms with E-state index in [1.165, 1.54) is 6.07 Å². The molecule has 0 saturated heterocycles. The van der Waals surface area contributed by atoms with Gasteiger partial charge in [0.1, 0.15) is 11.3 Å². The number of amides is 1. The topological polar surface area (TPSA) is 55.1 Å². The number of halogens is 1. The van der Waals surface area contributed by atoms with Crippen LogP contribution in [0.4, 0.5) is 10.1 Å². The number of aryl methyl sites for hydroxylation is 1. The molecule has 0 bridgehead atoms. The minimum absolute atomic E-state index is 0.0331. The molecular weight excluding hydrogens is 295 g/mol. The number of rotatable bonds is 3. The number of hydrogen-bond donors (Lipinski definition) is 1. The van der Waals surface area contributed by atoms with Crippen LogP contribution in [0.15, 0.2) is 46.9 Å². The van der Waals surface area contributed by atoms with E-state index in [0.29, 0.717) is 34.7 Å². The molecule has 4 nitrogen and oxygen atoms in total. The number of hydrogen-bond acceptors (Lipinski definition) is 3. The molecule has 116 valence electrons. The van der Waals surface area contributed by atoms with Crippen molar-refractivity contribution in [1.29, 1.82) is 0 Å². The highest BCUT2D eigenvalue weighted by Crippen LogP contribution is 2.48. The number of fused-ring (bicyclic) bond motifs is 1. The molecule has 1 amide bonds. The Hall–Kier alpha value is -2.69. The lowest BCUT2D eigenvalue weighted by molar-refractivity contribution is -0.117. The minimum Gasteiger partial charge on any atom is -0.441 e. The monoisotopic (exact) mass is 310 g/mol. The number of oxazole rings is 1. The summed E-state index contributed by atoms with van der Waals surface area (Å²) in [6.07, 6.45) is 0.679. The Morgan fingerprint density at radius 2 is 2.13 bits per heavy atom. The summed E-state index contributed by atoms with van der Waals surface area (Å²) in [7, 11) is 0. The van der Waals surface area contributed by atoms with Crippen LogP contribution >= 0.6 is 0 Å². The Bertz CT molecular complexity index is 903. The summed E-state index contributed by atoms with van der Waals surface area (Å²) in [5, 5.41) is 2.88. The number of nitrogens with one attached hydrogen (secondary N) is 1. The molecule has 2 atom stereocenters. The van der Waals surface area contributed by atoms with Crippen LogP contribution in [-0.4, -0.2) is 10.9 Å². The molecule has 0 radical (unpaired) electrons.